The van der Waals surface area contributed by atoms with Gasteiger partial charge < -0.3 is 14.0 Å². The lowest BCUT2D eigenvalue weighted by Gasteiger charge is -2.21. The van der Waals surface area contributed by atoms with Crippen molar-refractivity contribution in [1.29, 1.82) is 5.41 Å². The molecular formula is C36H46N6O8S. The Kier molecular flexibility index (Phi) is 15.7. The number of unbranched alkanes of at least 4 members (excludes halogenated alkanes) is 3. The second-order valence-corrected chi connectivity index (χ2v) is 13.1. The van der Waals surface area contributed by atoms with Crippen LogP contribution in [-0.4, -0.2) is 77.3 Å². The number of esters is 1. The highest BCUT2D eigenvalue weighted by Crippen LogP contribution is 2.21. The summed E-state index contributed by atoms with van der Waals surface area (Å²) in [6.45, 7) is 4.63. The largest absolute Gasteiger partial charge is 0.466 e. The molecule has 0 saturated heterocycles. The van der Waals surface area contributed by atoms with Gasteiger partial charge in [0.25, 0.3) is 16.0 Å². The lowest BCUT2D eigenvalue weighted by atomic mass is 10.1. The van der Waals surface area contributed by atoms with Crippen molar-refractivity contribution >= 4 is 50.8 Å². The lowest BCUT2D eigenvalue weighted by Crippen LogP contribution is -2.34. The zero-order valence-electron chi connectivity index (χ0n) is 29.4. The van der Waals surface area contributed by atoms with Gasteiger partial charge >= 0.3 is 12.1 Å². The van der Waals surface area contributed by atoms with Crippen molar-refractivity contribution in [2.45, 2.75) is 58.8 Å². The molecule has 274 valence electrons. The summed E-state index contributed by atoms with van der Waals surface area (Å²) in [5, 5.41) is 10.7. The number of ether oxygens (including phenoxy) is 2. The Morgan fingerprint density at radius 2 is 1.67 bits per heavy atom. The fourth-order valence-electron chi connectivity index (χ4n) is 5.03. The summed E-state index contributed by atoms with van der Waals surface area (Å²) < 4.78 is 38.1. The van der Waals surface area contributed by atoms with E-state index in [1.807, 2.05) is 29.8 Å². The number of amides is 2. The highest BCUT2D eigenvalue weighted by molar-refractivity contribution is 7.85. The van der Waals surface area contributed by atoms with Gasteiger partial charge in [-0.2, -0.15) is 8.42 Å². The number of benzene rings is 2. The molecule has 0 aliphatic carbocycles. The van der Waals surface area contributed by atoms with Crippen LogP contribution in [-0.2, 0) is 44.3 Å². The number of anilines is 1. The van der Waals surface area contributed by atoms with E-state index in [0.717, 1.165) is 42.6 Å². The van der Waals surface area contributed by atoms with E-state index in [-0.39, 0.29) is 37.3 Å². The number of nitrogens with zero attached hydrogens (tertiary/aromatic N) is 4. The first-order valence-corrected chi connectivity index (χ1v) is 18.5. The van der Waals surface area contributed by atoms with Crippen LogP contribution in [0.15, 0.2) is 66.9 Å². The highest BCUT2D eigenvalue weighted by Gasteiger charge is 2.21. The number of amidine groups is 1. The fourth-order valence-corrected chi connectivity index (χ4v) is 5.03. The third-order valence-corrected chi connectivity index (χ3v) is 7.57. The van der Waals surface area contributed by atoms with Crippen molar-refractivity contribution in [2.24, 2.45) is 7.05 Å². The van der Waals surface area contributed by atoms with Gasteiger partial charge in [-0.3, -0.25) is 29.8 Å². The topological polar surface area (TPSA) is 194 Å². The summed E-state index contributed by atoms with van der Waals surface area (Å²) in [5.74, 6) is 0.654. The second-order valence-electron chi connectivity index (χ2n) is 11.6. The van der Waals surface area contributed by atoms with Crippen molar-refractivity contribution in [3.05, 3.63) is 89.4 Å². The van der Waals surface area contributed by atoms with E-state index in [1.165, 1.54) is 4.90 Å². The molecule has 0 fully saturated rings. The Balaban J connectivity index is 0.00000131. The number of aromatic nitrogens is 3. The second kappa shape index (κ2) is 19.9. The zero-order valence-corrected chi connectivity index (χ0v) is 30.2. The summed E-state index contributed by atoms with van der Waals surface area (Å²) in [5.41, 5.74) is 3.69. The first-order chi connectivity index (χ1) is 24.3. The minimum Gasteiger partial charge on any atom is -0.466 e. The van der Waals surface area contributed by atoms with Crippen molar-refractivity contribution in [1.82, 2.24) is 19.9 Å². The molecule has 15 heteroatoms. The van der Waals surface area contributed by atoms with Crippen LogP contribution >= 0.6 is 0 Å². The van der Waals surface area contributed by atoms with Crippen LogP contribution in [0, 0.1) is 5.41 Å². The highest BCUT2D eigenvalue weighted by atomic mass is 32.2. The molecule has 2 heterocycles. The maximum atomic E-state index is 13.6. The van der Waals surface area contributed by atoms with Crippen LogP contribution in [0.25, 0.3) is 11.0 Å². The van der Waals surface area contributed by atoms with E-state index < -0.39 is 16.2 Å². The maximum absolute atomic E-state index is 13.6. The van der Waals surface area contributed by atoms with Gasteiger partial charge in [0.15, 0.2) is 0 Å². The molecule has 2 aromatic heterocycles. The number of pyridine rings is 1. The number of carbonyl (C=O) groups is 3. The molecule has 3 N–H and O–H groups in total. The van der Waals surface area contributed by atoms with Gasteiger partial charge in [0.1, 0.15) is 17.5 Å². The van der Waals surface area contributed by atoms with Crippen molar-refractivity contribution in [3.63, 3.8) is 0 Å². The van der Waals surface area contributed by atoms with Crippen LogP contribution in [0.4, 0.5) is 10.6 Å². The maximum Gasteiger partial charge on any atom is 0.412 e. The van der Waals surface area contributed by atoms with Gasteiger partial charge in [0, 0.05) is 37.3 Å². The number of aryl methyl sites for hydroxylation is 3. The third kappa shape index (κ3) is 13.6. The standard InChI is InChI=1S/C35H42N6O5.CH4O3S/c1-4-6-7-10-23-46-35(44)39-33(36)26-15-12-25(13-16-26)14-19-31-38-28-24-27(17-18-29(28)40(31)3)34(43)41(22-20-32(42)45-5-2)30-11-8-9-21-37-30;1-5(2,3)4/h8-9,11-13,15-18,21,24H,4-7,10,14,19-20,22-23H2,1-3H3,(H2,36,39,44);1H3,(H,2,3,4). The number of imidazole rings is 1. The molecule has 0 unspecified atom stereocenters. The fraction of sp³-hybridized carbons (Fsp3) is 0.389. The van der Waals surface area contributed by atoms with Crippen LogP contribution in [0.5, 0.6) is 0 Å². The van der Waals surface area contributed by atoms with Crippen LogP contribution in [0.1, 0.15) is 73.3 Å². The van der Waals surface area contributed by atoms with Crippen LogP contribution in [0.2, 0.25) is 0 Å². The average molecular weight is 723 g/mol. The summed E-state index contributed by atoms with van der Waals surface area (Å²) in [4.78, 5) is 48.3. The Morgan fingerprint density at radius 3 is 2.31 bits per heavy atom. The van der Waals surface area contributed by atoms with Crippen LogP contribution < -0.4 is 10.2 Å². The molecule has 4 aromatic rings. The Morgan fingerprint density at radius 1 is 0.961 bits per heavy atom. The number of fused-ring (bicyclic) bond motifs is 1. The van der Waals surface area contributed by atoms with E-state index >= 15 is 0 Å². The quantitative estimate of drug-likeness (QED) is 0.0464. The number of alkyl carbamates (subject to hydrolysis) is 1. The monoisotopic (exact) mass is 722 g/mol. The molecule has 2 amide bonds. The normalized spacial score (nSPS) is 10.9. The van der Waals surface area contributed by atoms with Gasteiger partial charge in [0.2, 0.25) is 0 Å². The lowest BCUT2D eigenvalue weighted by molar-refractivity contribution is -0.142. The number of carbonyl (C=O) groups excluding carboxylic acids is 3. The predicted molar refractivity (Wildman–Crippen MR) is 195 cm³/mol. The Bertz CT molecular complexity index is 1870. The molecule has 0 aliphatic heterocycles. The van der Waals surface area contributed by atoms with E-state index in [4.69, 9.17) is 24.4 Å². The number of nitrogens with one attached hydrogen (secondary N) is 2. The third-order valence-electron chi connectivity index (χ3n) is 7.57. The molecule has 2 aromatic carbocycles. The molecule has 4 rings (SSSR count). The van der Waals surface area contributed by atoms with Gasteiger partial charge in [-0.15, -0.1) is 0 Å². The summed E-state index contributed by atoms with van der Waals surface area (Å²) >= 11 is 0. The Hall–Kier alpha value is -5.15. The molecular weight excluding hydrogens is 676 g/mol. The SMILES string of the molecule is CCCCCCOC(=O)NC(=N)c1ccc(CCc2nc3cc(C(=O)N(CCC(=O)OCC)c4ccccn4)ccc3n2C)cc1.CS(=O)(=O)O. The molecule has 0 spiro atoms. The molecule has 0 aliphatic rings. The molecule has 0 atom stereocenters. The number of hydrogen-bond donors (Lipinski definition) is 3. The van der Waals surface area contributed by atoms with Gasteiger partial charge in [-0.1, -0.05) is 56.5 Å². The molecule has 51 heavy (non-hydrogen) atoms. The van der Waals surface area contributed by atoms with E-state index in [1.54, 1.807) is 55.6 Å². The Labute approximate surface area is 298 Å². The first-order valence-electron chi connectivity index (χ1n) is 16.7. The van der Waals surface area contributed by atoms with Crippen molar-refractivity contribution < 1.29 is 36.8 Å². The molecule has 0 saturated carbocycles. The molecule has 14 nitrogen and oxygen atoms in total. The summed E-state index contributed by atoms with van der Waals surface area (Å²) in [7, 11) is -1.72. The van der Waals surface area contributed by atoms with Gasteiger partial charge in [-0.05, 0) is 55.7 Å². The van der Waals surface area contributed by atoms with Crippen molar-refractivity contribution in [3.8, 4) is 0 Å². The summed E-state index contributed by atoms with van der Waals surface area (Å²) in [6, 6.07) is 18.2. The van der Waals surface area contributed by atoms with E-state index in [2.05, 4.69) is 17.2 Å². The minimum atomic E-state index is -3.67. The van der Waals surface area contributed by atoms with Crippen molar-refractivity contribution in [2.75, 3.05) is 30.9 Å². The number of hydrogen-bond acceptors (Lipinski definition) is 10. The van der Waals surface area contributed by atoms with Gasteiger partial charge in [0.05, 0.1) is 36.9 Å². The van der Waals surface area contributed by atoms with Crippen LogP contribution in [0.3, 0.4) is 0 Å². The average Bonchev–Trinajstić information content (AvgIpc) is 3.41. The smallest absolute Gasteiger partial charge is 0.412 e. The number of rotatable bonds is 15. The summed E-state index contributed by atoms with van der Waals surface area (Å²) in [6.07, 6.45) is 7.19. The molecule has 0 radical (unpaired) electrons. The zero-order chi connectivity index (χ0) is 37.4. The van der Waals surface area contributed by atoms with E-state index in [9.17, 15) is 22.8 Å². The minimum absolute atomic E-state index is 0.00619. The first kappa shape index (κ1) is 40.3. The van der Waals surface area contributed by atoms with E-state index in [0.29, 0.717) is 48.2 Å². The predicted octanol–water partition coefficient (Wildman–Crippen LogP) is 5.49. The molecule has 0 bridgehead atoms. The van der Waals surface area contributed by atoms with Gasteiger partial charge in [-0.25, -0.2) is 14.8 Å².